The molecule has 1 saturated heterocycles. The molecule has 0 bridgehead atoms. The van der Waals surface area contributed by atoms with Crippen LogP contribution in [0.25, 0.3) is 0 Å². The van der Waals surface area contributed by atoms with E-state index in [1.165, 1.54) is 12.8 Å². The number of hydrogen-bond donors (Lipinski definition) is 2. The average Bonchev–Trinajstić information content (AvgIpc) is 2.65. The Kier molecular flexibility index (Phi) is 6.15. The molecule has 0 aromatic rings. The Balaban J connectivity index is 2.00. The molecule has 0 spiro atoms. The van der Waals surface area contributed by atoms with Crippen LogP contribution in [0.3, 0.4) is 0 Å². The minimum absolute atomic E-state index is 0.506. The second kappa shape index (κ2) is 7.21. The van der Waals surface area contributed by atoms with E-state index in [1.54, 1.807) is 0 Å². The topological polar surface area (TPSA) is 33.3 Å². The summed E-state index contributed by atoms with van der Waals surface area (Å²) in [5.74, 6) is 0.745. The molecule has 1 fully saturated rings. The molecule has 0 amide bonds. The normalized spacial score (nSPS) is 27.0. The standard InChI is InChI=1S/C11H24N2O/c1-3-11-10(5-8-14-11)9-13-7-4-6-12-2/h10-13H,3-9H2,1-2H3. The Labute approximate surface area is 87.6 Å². The summed E-state index contributed by atoms with van der Waals surface area (Å²) in [7, 11) is 2.00. The van der Waals surface area contributed by atoms with Gasteiger partial charge in [-0.1, -0.05) is 6.92 Å². The quantitative estimate of drug-likeness (QED) is 0.602. The second-order valence-corrected chi connectivity index (χ2v) is 4.03. The highest BCUT2D eigenvalue weighted by Crippen LogP contribution is 2.22. The monoisotopic (exact) mass is 200 g/mol. The minimum atomic E-state index is 0.506. The van der Waals surface area contributed by atoms with E-state index in [1.807, 2.05) is 7.05 Å². The SMILES string of the molecule is CCC1OCCC1CNCCCNC. The number of hydrogen-bond acceptors (Lipinski definition) is 3. The van der Waals surface area contributed by atoms with Gasteiger partial charge in [0, 0.05) is 13.2 Å². The van der Waals surface area contributed by atoms with Crippen molar-refractivity contribution in [3.05, 3.63) is 0 Å². The van der Waals surface area contributed by atoms with Crippen LogP contribution in [0.2, 0.25) is 0 Å². The summed E-state index contributed by atoms with van der Waals surface area (Å²) in [6.07, 6.45) is 4.10. The van der Waals surface area contributed by atoms with E-state index in [9.17, 15) is 0 Å². The van der Waals surface area contributed by atoms with Crippen molar-refractivity contribution in [1.29, 1.82) is 0 Å². The molecule has 14 heavy (non-hydrogen) atoms. The van der Waals surface area contributed by atoms with Crippen LogP contribution >= 0.6 is 0 Å². The van der Waals surface area contributed by atoms with Crippen molar-refractivity contribution < 1.29 is 4.74 Å². The van der Waals surface area contributed by atoms with Crippen molar-refractivity contribution in [1.82, 2.24) is 10.6 Å². The zero-order chi connectivity index (χ0) is 10.2. The van der Waals surface area contributed by atoms with Gasteiger partial charge in [0.05, 0.1) is 6.10 Å². The van der Waals surface area contributed by atoms with Gasteiger partial charge in [0.25, 0.3) is 0 Å². The first-order chi connectivity index (χ1) is 6.88. The van der Waals surface area contributed by atoms with Crippen molar-refractivity contribution in [3.63, 3.8) is 0 Å². The van der Waals surface area contributed by atoms with E-state index >= 15 is 0 Å². The third-order valence-corrected chi connectivity index (χ3v) is 2.94. The van der Waals surface area contributed by atoms with Crippen molar-refractivity contribution in [2.45, 2.75) is 32.3 Å². The molecule has 0 radical (unpaired) electrons. The maximum atomic E-state index is 5.64. The van der Waals surface area contributed by atoms with E-state index in [2.05, 4.69) is 17.6 Å². The molecule has 2 atom stereocenters. The van der Waals surface area contributed by atoms with Crippen LogP contribution in [0.1, 0.15) is 26.2 Å². The molecule has 0 aromatic carbocycles. The molecule has 1 aliphatic rings. The van der Waals surface area contributed by atoms with Crippen molar-refractivity contribution in [3.8, 4) is 0 Å². The number of rotatable bonds is 7. The Morgan fingerprint density at radius 3 is 2.93 bits per heavy atom. The van der Waals surface area contributed by atoms with E-state index in [0.29, 0.717) is 6.10 Å². The van der Waals surface area contributed by atoms with Gasteiger partial charge >= 0.3 is 0 Å². The molecule has 0 aliphatic carbocycles. The molecule has 2 unspecified atom stereocenters. The Hall–Kier alpha value is -0.120. The first-order valence-corrected chi connectivity index (χ1v) is 5.85. The number of nitrogens with one attached hydrogen (secondary N) is 2. The fourth-order valence-electron chi connectivity index (χ4n) is 2.06. The number of ether oxygens (including phenoxy) is 1. The van der Waals surface area contributed by atoms with Gasteiger partial charge in [-0.3, -0.25) is 0 Å². The summed E-state index contributed by atoms with van der Waals surface area (Å²) in [5.41, 5.74) is 0. The lowest BCUT2D eigenvalue weighted by atomic mass is 10.00. The predicted molar refractivity (Wildman–Crippen MR) is 59.6 cm³/mol. The molecule has 84 valence electrons. The Bertz CT molecular complexity index is 141. The maximum Gasteiger partial charge on any atom is 0.0613 e. The van der Waals surface area contributed by atoms with Crippen LogP contribution < -0.4 is 10.6 Å². The Morgan fingerprint density at radius 1 is 1.36 bits per heavy atom. The zero-order valence-electron chi connectivity index (χ0n) is 9.51. The van der Waals surface area contributed by atoms with Gasteiger partial charge in [-0.2, -0.15) is 0 Å². The highest BCUT2D eigenvalue weighted by molar-refractivity contribution is 4.76. The summed E-state index contributed by atoms with van der Waals surface area (Å²) in [6, 6.07) is 0. The van der Waals surface area contributed by atoms with E-state index in [-0.39, 0.29) is 0 Å². The Morgan fingerprint density at radius 2 is 2.21 bits per heavy atom. The lowest BCUT2D eigenvalue weighted by Gasteiger charge is -2.17. The molecular weight excluding hydrogens is 176 g/mol. The first-order valence-electron chi connectivity index (χ1n) is 5.85. The van der Waals surface area contributed by atoms with Gasteiger partial charge in [0.15, 0.2) is 0 Å². The summed E-state index contributed by atoms with van der Waals surface area (Å²) in [5, 5.41) is 6.66. The van der Waals surface area contributed by atoms with Crippen LogP contribution in [-0.4, -0.2) is 39.4 Å². The van der Waals surface area contributed by atoms with Gasteiger partial charge in [0.2, 0.25) is 0 Å². The first kappa shape index (κ1) is 12.0. The molecule has 3 heteroatoms. The minimum Gasteiger partial charge on any atom is -0.378 e. The van der Waals surface area contributed by atoms with Crippen LogP contribution in [0, 0.1) is 5.92 Å². The molecule has 3 nitrogen and oxygen atoms in total. The van der Waals surface area contributed by atoms with Crippen LogP contribution in [0.15, 0.2) is 0 Å². The molecule has 2 N–H and O–H groups in total. The fraction of sp³-hybridized carbons (Fsp3) is 1.00. The van der Waals surface area contributed by atoms with Crippen LogP contribution in [0.4, 0.5) is 0 Å². The lowest BCUT2D eigenvalue weighted by Crippen LogP contribution is -2.29. The maximum absolute atomic E-state index is 5.64. The van der Waals surface area contributed by atoms with Crippen molar-refractivity contribution in [2.75, 3.05) is 33.3 Å². The molecule has 1 rings (SSSR count). The summed E-state index contributed by atoms with van der Waals surface area (Å²) in [6.45, 7) is 6.52. The molecule has 0 saturated carbocycles. The van der Waals surface area contributed by atoms with E-state index < -0.39 is 0 Å². The molecule has 0 aromatic heterocycles. The second-order valence-electron chi connectivity index (χ2n) is 4.03. The van der Waals surface area contributed by atoms with Crippen LogP contribution in [-0.2, 0) is 4.74 Å². The third-order valence-electron chi connectivity index (χ3n) is 2.94. The summed E-state index contributed by atoms with van der Waals surface area (Å²) in [4.78, 5) is 0. The summed E-state index contributed by atoms with van der Waals surface area (Å²) >= 11 is 0. The molecular formula is C11H24N2O. The highest BCUT2D eigenvalue weighted by Gasteiger charge is 2.25. The van der Waals surface area contributed by atoms with E-state index in [4.69, 9.17) is 4.74 Å². The van der Waals surface area contributed by atoms with E-state index in [0.717, 1.165) is 38.6 Å². The van der Waals surface area contributed by atoms with Gasteiger partial charge in [-0.25, -0.2) is 0 Å². The predicted octanol–water partition coefficient (Wildman–Crippen LogP) is 1.00. The van der Waals surface area contributed by atoms with Gasteiger partial charge in [0.1, 0.15) is 0 Å². The fourth-order valence-corrected chi connectivity index (χ4v) is 2.06. The van der Waals surface area contributed by atoms with Gasteiger partial charge in [-0.05, 0) is 45.3 Å². The van der Waals surface area contributed by atoms with Gasteiger partial charge < -0.3 is 15.4 Å². The molecule has 1 aliphatic heterocycles. The zero-order valence-corrected chi connectivity index (χ0v) is 9.51. The summed E-state index contributed by atoms with van der Waals surface area (Å²) < 4.78 is 5.64. The van der Waals surface area contributed by atoms with Crippen molar-refractivity contribution >= 4 is 0 Å². The molecule has 1 heterocycles. The van der Waals surface area contributed by atoms with Crippen LogP contribution in [0.5, 0.6) is 0 Å². The smallest absolute Gasteiger partial charge is 0.0613 e. The lowest BCUT2D eigenvalue weighted by molar-refractivity contribution is 0.0873. The largest absolute Gasteiger partial charge is 0.378 e. The third kappa shape index (κ3) is 3.95. The highest BCUT2D eigenvalue weighted by atomic mass is 16.5. The van der Waals surface area contributed by atoms with Crippen molar-refractivity contribution in [2.24, 2.45) is 5.92 Å². The van der Waals surface area contributed by atoms with Gasteiger partial charge in [-0.15, -0.1) is 0 Å². The average molecular weight is 200 g/mol.